The van der Waals surface area contributed by atoms with Crippen LogP contribution in [0.25, 0.3) is 0 Å². The Hall–Kier alpha value is -2.99. The van der Waals surface area contributed by atoms with Crippen LogP contribution in [0.5, 0.6) is 0 Å². The van der Waals surface area contributed by atoms with Gasteiger partial charge in [-0.15, -0.1) is 0 Å². The number of imide groups is 1. The highest BCUT2D eigenvalue weighted by molar-refractivity contribution is 6.31. The second-order valence-electron chi connectivity index (χ2n) is 9.30. The topological polar surface area (TPSA) is 70.0 Å². The molecule has 6 nitrogen and oxygen atoms in total. The summed E-state index contributed by atoms with van der Waals surface area (Å²) >= 11 is 5.99. The van der Waals surface area contributed by atoms with Crippen LogP contribution in [-0.2, 0) is 14.4 Å². The van der Waals surface area contributed by atoms with Gasteiger partial charge >= 0.3 is 0 Å². The van der Waals surface area contributed by atoms with Crippen LogP contribution in [0.4, 0.5) is 5.69 Å². The molecule has 1 unspecified atom stereocenters. The summed E-state index contributed by atoms with van der Waals surface area (Å²) in [6.07, 6.45) is 1.71. The number of fused-ring (bicyclic) bond motifs is 5. The van der Waals surface area contributed by atoms with Gasteiger partial charge in [0.25, 0.3) is 0 Å². The zero-order chi connectivity index (χ0) is 22.1. The lowest BCUT2D eigenvalue weighted by Crippen LogP contribution is -2.48. The minimum atomic E-state index is -0.798. The molecule has 0 saturated carbocycles. The molecule has 0 aliphatic carbocycles. The fourth-order valence-electron chi connectivity index (χ4n) is 4.96. The van der Waals surface area contributed by atoms with Gasteiger partial charge in [0.05, 0.1) is 29.8 Å². The van der Waals surface area contributed by atoms with Gasteiger partial charge in [-0.25, -0.2) is 4.90 Å². The first-order valence-corrected chi connectivity index (χ1v) is 10.7. The predicted octanol–water partition coefficient (Wildman–Crippen LogP) is 3.83. The number of rotatable bonds is 2. The van der Waals surface area contributed by atoms with Gasteiger partial charge in [-0.2, -0.15) is 5.10 Å². The van der Waals surface area contributed by atoms with Crippen LogP contribution >= 0.6 is 11.6 Å². The van der Waals surface area contributed by atoms with Crippen molar-refractivity contribution in [1.29, 1.82) is 0 Å². The van der Waals surface area contributed by atoms with Crippen molar-refractivity contribution >= 4 is 41.1 Å². The molecule has 2 amide bonds. The third kappa shape index (κ3) is 2.85. The third-order valence-corrected chi connectivity index (χ3v) is 6.64. The van der Waals surface area contributed by atoms with Crippen LogP contribution in [-0.4, -0.2) is 34.9 Å². The number of carbonyl (C=O) groups excluding carboxylic acids is 3. The zero-order valence-electron chi connectivity index (χ0n) is 17.4. The average molecular weight is 436 g/mol. The van der Waals surface area contributed by atoms with Gasteiger partial charge in [0.15, 0.2) is 5.78 Å². The lowest BCUT2D eigenvalue weighted by Gasteiger charge is -2.35. The normalized spacial score (nSPS) is 26.7. The number of benzene rings is 2. The largest absolute Gasteiger partial charge is 0.297 e. The van der Waals surface area contributed by atoms with E-state index in [0.717, 1.165) is 11.1 Å². The van der Waals surface area contributed by atoms with E-state index in [9.17, 15) is 14.4 Å². The molecule has 31 heavy (non-hydrogen) atoms. The summed E-state index contributed by atoms with van der Waals surface area (Å²) in [6, 6.07) is 13.0. The zero-order valence-corrected chi connectivity index (χ0v) is 18.2. The van der Waals surface area contributed by atoms with Crippen LogP contribution in [0.15, 0.2) is 53.6 Å². The molecule has 2 aromatic carbocycles. The SMILES string of the molecule is CC(C)(C)C(=O)[C@H]1[C@H]2C(=O)N(c3ccc(Cl)cc3)C(=O)[C@H]2C2c3ccccc3C=NN21. The first kappa shape index (κ1) is 19.9. The van der Waals surface area contributed by atoms with Crippen molar-refractivity contribution in [2.45, 2.75) is 32.9 Å². The Labute approximate surface area is 185 Å². The van der Waals surface area contributed by atoms with E-state index >= 15 is 0 Å². The number of hydrogen-bond acceptors (Lipinski definition) is 5. The number of nitrogens with zero attached hydrogens (tertiary/aromatic N) is 3. The summed E-state index contributed by atoms with van der Waals surface area (Å²) in [5.41, 5.74) is 1.59. The summed E-state index contributed by atoms with van der Waals surface area (Å²) < 4.78 is 0. The summed E-state index contributed by atoms with van der Waals surface area (Å²) in [5, 5.41) is 6.77. The molecule has 0 bridgehead atoms. The molecule has 0 radical (unpaired) electrons. The van der Waals surface area contributed by atoms with E-state index in [1.165, 1.54) is 4.90 Å². The Kier molecular flexibility index (Phi) is 4.35. The molecule has 0 N–H and O–H groups in total. The highest BCUT2D eigenvalue weighted by Gasteiger charge is 2.66. The van der Waals surface area contributed by atoms with Gasteiger partial charge in [0.2, 0.25) is 11.8 Å². The fraction of sp³-hybridized carbons (Fsp3) is 0.333. The van der Waals surface area contributed by atoms with Crippen LogP contribution in [0.3, 0.4) is 0 Å². The molecule has 0 aromatic heterocycles. The second-order valence-corrected chi connectivity index (χ2v) is 9.73. The Bertz CT molecular complexity index is 1140. The van der Waals surface area contributed by atoms with E-state index < -0.39 is 29.3 Å². The lowest BCUT2D eigenvalue weighted by molar-refractivity contribution is -0.136. The molecule has 2 fully saturated rings. The number of ketones is 1. The van der Waals surface area contributed by atoms with Crippen molar-refractivity contribution in [3.63, 3.8) is 0 Å². The molecule has 0 spiro atoms. The van der Waals surface area contributed by atoms with E-state index in [1.54, 1.807) is 35.5 Å². The van der Waals surface area contributed by atoms with Crippen LogP contribution in [0.1, 0.15) is 37.9 Å². The summed E-state index contributed by atoms with van der Waals surface area (Å²) in [6.45, 7) is 5.49. The van der Waals surface area contributed by atoms with E-state index in [4.69, 9.17) is 11.6 Å². The maximum absolute atomic E-state index is 13.6. The molecule has 7 heteroatoms. The highest BCUT2D eigenvalue weighted by Crippen LogP contribution is 2.53. The number of carbonyl (C=O) groups is 3. The molecule has 158 valence electrons. The van der Waals surface area contributed by atoms with Crippen LogP contribution in [0, 0.1) is 17.3 Å². The Morgan fingerprint density at radius 3 is 2.29 bits per heavy atom. The first-order chi connectivity index (χ1) is 14.7. The lowest BCUT2D eigenvalue weighted by atomic mass is 9.79. The summed E-state index contributed by atoms with van der Waals surface area (Å²) in [4.78, 5) is 42.0. The van der Waals surface area contributed by atoms with Gasteiger partial charge in [0, 0.05) is 10.4 Å². The monoisotopic (exact) mass is 435 g/mol. The van der Waals surface area contributed by atoms with Gasteiger partial charge in [-0.05, 0) is 35.4 Å². The standard InChI is InChI=1S/C24H22ClN3O3/c1-24(2,3)21(29)20-18-17(19-16-7-5-4-6-13(16)12-26-28(19)20)22(30)27(23(18)31)15-10-8-14(25)9-11-15/h4-12,17-20H,1-3H3/t17-,18+,19?,20-/m1/s1. The van der Waals surface area contributed by atoms with E-state index in [1.807, 2.05) is 45.0 Å². The molecule has 2 aromatic rings. The van der Waals surface area contributed by atoms with Gasteiger partial charge in [-0.1, -0.05) is 56.6 Å². The fourth-order valence-corrected chi connectivity index (χ4v) is 5.08. The van der Waals surface area contributed by atoms with Crippen LogP contribution < -0.4 is 4.90 Å². The maximum Gasteiger partial charge on any atom is 0.240 e. The number of hydrazone groups is 1. The molecule has 5 rings (SSSR count). The number of halogens is 1. The van der Waals surface area contributed by atoms with Crippen molar-refractivity contribution in [3.05, 3.63) is 64.7 Å². The Morgan fingerprint density at radius 1 is 0.968 bits per heavy atom. The van der Waals surface area contributed by atoms with Crippen LogP contribution in [0.2, 0.25) is 5.02 Å². The number of hydrogen-bond donors (Lipinski definition) is 0. The number of amides is 2. The third-order valence-electron chi connectivity index (χ3n) is 6.39. The van der Waals surface area contributed by atoms with Crippen molar-refractivity contribution in [2.75, 3.05) is 4.90 Å². The van der Waals surface area contributed by atoms with E-state index in [-0.39, 0.29) is 17.6 Å². The van der Waals surface area contributed by atoms with Crippen molar-refractivity contribution in [3.8, 4) is 0 Å². The number of Topliss-reactive ketones (excluding diaryl/α,β-unsaturated/α-hetero) is 1. The minimum absolute atomic E-state index is 0.0966. The quantitative estimate of drug-likeness (QED) is 0.672. The van der Waals surface area contributed by atoms with E-state index in [2.05, 4.69) is 5.10 Å². The highest BCUT2D eigenvalue weighted by atomic mass is 35.5. The second kappa shape index (κ2) is 6.76. The molecular formula is C24H22ClN3O3. The smallest absolute Gasteiger partial charge is 0.240 e. The van der Waals surface area contributed by atoms with Gasteiger partial charge < -0.3 is 0 Å². The van der Waals surface area contributed by atoms with Gasteiger partial charge in [0.1, 0.15) is 6.04 Å². The van der Waals surface area contributed by atoms with Gasteiger partial charge in [-0.3, -0.25) is 19.4 Å². The maximum atomic E-state index is 13.6. The minimum Gasteiger partial charge on any atom is -0.297 e. The molecule has 2 saturated heterocycles. The average Bonchev–Trinajstić information content (AvgIpc) is 3.20. The molecule has 3 aliphatic heterocycles. The molecule has 3 heterocycles. The Morgan fingerprint density at radius 2 is 1.61 bits per heavy atom. The van der Waals surface area contributed by atoms with Crippen molar-refractivity contribution in [2.24, 2.45) is 22.4 Å². The summed E-state index contributed by atoms with van der Waals surface area (Å²) in [7, 11) is 0. The van der Waals surface area contributed by atoms with Crippen molar-refractivity contribution in [1.82, 2.24) is 5.01 Å². The summed E-state index contributed by atoms with van der Waals surface area (Å²) in [5.74, 6) is -2.23. The Balaban J connectivity index is 1.66. The molecular weight excluding hydrogens is 414 g/mol. The first-order valence-electron chi connectivity index (χ1n) is 10.3. The number of anilines is 1. The van der Waals surface area contributed by atoms with E-state index in [0.29, 0.717) is 10.7 Å². The predicted molar refractivity (Wildman–Crippen MR) is 118 cm³/mol. The molecule has 3 aliphatic rings. The molecule has 4 atom stereocenters. The van der Waals surface area contributed by atoms with Crippen molar-refractivity contribution < 1.29 is 14.4 Å².